The van der Waals surface area contributed by atoms with Crippen molar-refractivity contribution in [1.82, 2.24) is 0 Å². The van der Waals surface area contributed by atoms with Crippen LogP contribution in [0.5, 0.6) is 0 Å². The molecule has 0 nitrogen and oxygen atoms in total. The number of fused-ring (bicyclic) bond motifs is 4. The molecular weight excluding hydrogens is 408 g/mol. The van der Waals surface area contributed by atoms with Gasteiger partial charge in [-0.25, -0.2) is 0 Å². The summed E-state index contributed by atoms with van der Waals surface area (Å²) in [7, 11) is 0. The molecule has 0 saturated heterocycles. The van der Waals surface area contributed by atoms with Gasteiger partial charge >= 0.3 is 0 Å². The summed E-state index contributed by atoms with van der Waals surface area (Å²) in [6.07, 6.45) is 24.1. The average Bonchev–Trinajstić information content (AvgIpc) is 2.91. The van der Waals surface area contributed by atoms with Gasteiger partial charge in [0, 0.05) is 17.8 Å². The summed E-state index contributed by atoms with van der Waals surface area (Å²) in [5, 5.41) is 5.41. The molecule has 0 bridgehead atoms. The van der Waals surface area contributed by atoms with Gasteiger partial charge in [0.15, 0.2) is 0 Å². The monoisotopic (exact) mass is 434 g/mol. The van der Waals surface area contributed by atoms with Gasteiger partial charge in [0.05, 0.1) is 0 Å². The Hall–Kier alpha value is -3.90. The molecule has 0 amide bonds. The van der Waals surface area contributed by atoms with E-state index in [1.807, 2.05) is 0 Å². The number of benzene rings is 3. The van der Waals surface area contributed by atoms with Gasteiger partial charge in [-0.05, 0) is 55.5 Å². The highest BCUT2D eigenvalue weighted by molar-refractivity contribution is 5.96. The van der Waals surface area contributed by atoms with Gasteiger partial charge in [-0.3, -0.25) is 0 Å². The fraction of sp³-hybridized carbons (Fsp3) is 0.118. The number of rotatable bonds is 2. The fourth-order valence-corrected chi connectivity index (χ4v) is 6.31. The van der Waals surface area contributed by atoms with Gasteiger partial charge < -0.3 is 0 Å². The predicted molar refractivity (Wildman–Crippen MR) is 143 cm³/mol. The molecule has 0 radical (unpaired) electrons. The van der Waals surface area contributed by atoms with E-state index in [1.165, 1.54) is 49.1 Å². The Morgan fingerprint density at radius 1 is 0.588 bits per heavy atom. The lowest BCUT2D eigenvalue weighted by Crippen LogP contribution is -2.40. The van der Waals surface area contributed by atoms with Crippen LogP contribution in [0.4, 0.5) is 0 Å². The van der Waals surface area contributed by atoms with E-state index in [-0.39, 0.29) is 0 Å². The Morgan fingerprint density at radius 3 is 2.18 bits per heavy atom. The van der Waals surface area contributed by atoms with Crippen LogP contribution in [-0.2, 0) is 0 Å². The van der Waals surface area contributed by atoms with Crippen molar-refractivity contribution in [3.63, 3.8) is 0 Å². The third-order valence-corrected chi connectivity index (χ3v) is 7.82. The molecule has 3 aromatic carbocycles. The molecule has 3 aromatic rings. The average molecular weight is 435 g/mol. The lowest BCUT2D eigenvalue weighted by Gasteiger charge is -2.36. The normalized spacial score (nSPS) is 24.4. The zero-order valence-corrected chi connectivity index (χ0v) is 19.1. The summed E-state index contributed by atoms with van der Waals surface area (Å²) in [4.78, 5) is 0. The molecule has 0 fully saturated rings. The van der Waals surface area contributed by atoms with Crippen LogP contribution >= 0.6 is 0 Å². The molecule has 0 saturated carbocycles. The second kappa shape index (κ2) is 7.85. The quantitative estimate of drug-likeness (QED) is 0.428. The summed E-state index contributed by atoms with van der Waals surface area (Å²) >= 11 is 0. The highest BCUT2D eigenvalue weighted by Crippen LogP contribution is 2.44. The Balaban J connectivity index is 1.56. The first kappa shape index (κ1) is 19.6. The maximum atomic E-state index is 2.43. The van der Waals surface area contributed by atoms with Crippen LogP contribution in [0, 0.1) is 17.8 Å². The van der Waals surface area contributed by atoms with E-state index < -0.39 is 0 Å². The summed E-state index contributed by atoms with van der Waals surface area (Å²) in [6, 6.07) is 24.6. The Kier molecular flexibility index (Phi) is 4.52. The fourth-order valence-electron chi connectivity index (χ4n) is 6.31. The van der Waals surface area contributed by atoms with Gasteiger partial charge in [-0.15, -0.1) is 0 Å². The zero-order chi connectivity index (χ0) is 22.5. The van der Waals surface area contributed by atoms with Crippen LogP contribution in [0.1, 0.15) is 12.0 Å². The topological polar surface area (TPSA) is 0 Å². The highest BCUT2D eigenvalue weighted by Gasteiger charge is 2.34. The molecule has 3 atom stereocenters. The molecule has 0 heterocycles. The van der Waals surface area contributed by atoms with E-state index in [0.717, 1.165) is 6.42 Å². The van der Waals surface area contributed by atoms with Crippen molar-refractivity contribution < 1.29 is 0 Å². The smallest absolute Gasteiger partial charge is 0.0137 e. The van der Waals surface area contributed by atoms with E-state index in [1.54, 1.807) is 0 Å². The molecule has 4 aliphatic rings. The number of hydrogen-bond donors (Lipinski definition) is 0. The van der Waals surface area contributed by atoms with Crippen LogP contribution in [0.25, 0.3) is 21.9 Å². The highest BCUT2D eigenvalue weighted by atomic mass is 14.4. The molecule has 0 spiro atoms. The maximum Gasteiger partial charge on any atom is 0.0137 e. The van der Waals surface area contributed by atoms with E-state index >= 15 is 0 Å². The second-order valence-corrected chi connectivity index (χ2v) is 9.63. The molecule has 0 aromatic heterocycles. The van der Waals surface area contributed by atoms with Crippen LogP contribution < -0.4 is 10.4 Å². The van der Waals surface area contributed by atoms with Crippen LogP contribution in [0.3, 0.4) is 0 Å². The van der Waals surface area contributed by atoms with Gasteiger partial charge in [0.25, 0.3) is 0 Å². The van der Waals surface area contributed by atoms with E-state index in [0.29, 0.717) is 17.8 Å². The van der Waals surface area contributed by atoms with Crippen LogP contribution in [-0.4, -0.2) is 0 Å². The first-order chi connectivity index (χ1) is 16.9. The molecule has 0 aliphatic heterocycles. The van der Waals surface area contributed by atoms with Gasteiger partial charge in [0.2, 0.25) is 0 Å². The molecule has 0 heteroatoms. The van der Waals surface area contributed by atoms with Crippen molar-refractivity contribution in [2.24, 2.45) is 17.8 Å². The maximum absolute atomic E-state index is 2.43. The van der Waals surface area contributed by atoms with Gasteiger partial charge in [-0.1, -0.05) is 127 Å². The summed E-state index contributed by atoms with van der Waals surface area (Å²) in [5.41, 5.74) is 7.22. The summed E-state index contributed by atoms with van der Waals surface area (Å²) in [6.45, 7) is 0. The summed E-state index contributed by atoms with van der Waals surface area (Å²) < 4.78 is 0. The van der Waals surface area contributed by atoms with E-state index in [9.17, 15) is 0 Å². The minimum absolute atomic E-state index is 0.328. The molecular formula is C34H26. The standard InChI is InChI=1S/C34H26/c1-2-12-25-22-26(21-20-23(25)10-1)33-29-15-5-7-17-31(29)34(32-18-8-6-16-30(32)33)28-19-9-13-24-11-3-4-14-27(24)28/h1-21,25,29,31H,22H2. The lowest BCUT2D eigenvalue weighted by atomic mass is 9.67. The van der Waals surface area contributed by atoms with Crippen LogP contribution in [0.2, 0.25) is 0 Å². The van der Waals surface area contributed by atoms with Gasteiger partial charge in [0.1, 0.15) is 0 Å². The summed E-state index contributed by atoms with van der Waals surface area (Å²) in [5.74, 6) is 1.15. The molecule has 3 unspecified atom stereocenters. The molecule has 34 heavy (non-hydrogen) atoms. The van der Waals surface area contributed by atoms with Crippen molar-refractivity contribution in [2.45, 2.75) is 6.42 Å². The third-order valence-electron chi connectivity index (χ3n) is 7.82. The van der Waals surface area contributed by atoms with Gasteiger partial charge in [-0.2, -0.15) is 0 Å². The number of allylic oxidation sites excluding steroid dienone is 12. The minimum Gasteiger partial charge on any atom is -0.0767 e. The van der Waals surface area contributed by atoms with Crippen molar-refractivity contribution in [2.75, 3.05) is 0 Å². The molecule has 7 rings (SSSR count). The minimum atomic E-state index is 0.328. The van der Waals surface area contributed by atoms with Crippen LogP contribution in [0.15, 0.2) is 139 Å². The number of hydrogen-bond acceptors (Lipinski definition) is 0. The van der Waals surface area contributed by atoms with Crippen molar-refractivity contribution in [3.05, 3.63) is 155 Å². The SMILES string of the molecule is C1=CC2=CC=C(C3=c4ccccc4=C(c4cccc5ccccc45)C4C=CC=CC34)CC2C=C1. The third kappa shape index (κ3) is 2.99. The van der Waals surface area contributed by atoms with E-state index in [4.69, 9.17) is 0 Å². The van der Waals surface area contributed by atoms with Crippen molar-refractivity contribution in [1.29, 1.82) is 0 Å². The molecule has 0 N–H and O–H groups in total. The Bertz CT molecular complexity index is 1630. The Labute approximate surface area is 200 Å². The zero-order valence-electron chi connectivity index (χ0n) is 19.1. The molecule has 162 valence electrons. The first-order valence-electron chi connectivity index (χ1n) is 12.3. The van der Waals surface area contributed by atoms with E-state index in [2.05, 4.69) is 127 Å². The van der Waals surface area contributed by atoms with Crippen molar-refractivity contribution >= 4 is 21.9 Å². The largest absolute Gasteiger partial charge is 0.0767 e. The Morgan fingerprint density at radius 2 is 1.29 bits per heavy atom. The molecule has 4 aliphatic carbocycles. The van der Waals surface area contributed by atoms with Crippen molar-refractivity contribution in [3.8, 4) is 0 Å². The predicted octanol–water partition coefficient (Wildman–Crippen LogP) is 6.56. The first-order valence-corrected chi connectivity index (χ1v) is 12.3. The lowest BCUT2D eigenvalue weighted by molar-refractivity contribution is 0.668. The second-order valence-electron chi connectivity index (χ2n) is 9.63.